The van der Waals surface area contributed by atoms with Crippen LogP contribution in [0.1, 0.15) is 30.5 Å². The van der Waals surface area contributed by atoms with Crippen LogP contribution in [0.3, 0.4) is 0 Å². The largest absolute Gasteiger partial charge is 0.319 e. The second-order valence-corrected chi connectivity index (χ2v) is 5.67. The lowest BCUT2D eigenvalue weighted by atomic mass is 9.95. The highest BCUT2D eigenvalue weighted by Gasteiger charge is 2.21. The standard InChI is InChI=1S/C19H19N3O2/c1-3-15(14-9-5-4-6-10-14)18(23)21-17-13(2)20-16-11-7-8-12-22(16)19(17)24/h4-12,15H,3H2,1-2H3,(H,21,23). The van der Waals surface area contributed by atoms with E-state index in [0.29, 0.717) is 17.8 Å². The molecule has 122 valence electrons. The first kappa shape index (κ1) is 15.9. The topological polar surface area (TPSA) is 63.5 Å². The number of benzene rings is 1. The first-order chi connectivity index (χ1) is 11.6. The number of pyridine rings is 1. The first-order valence-corrected chi connectivity index (χ1v) is 7.95. The summed E-state index contributed by atoms with van der Waals surface area (Å²) in [5.41, 5.74) is 1.98. The fourth-order valence-corrected chi connectivity index (χ4v) is 2.81. The molecule has 24 heavy (non-hydrogen) atoms. The highest BCUT2D eigenvalue weighted by Crippen LogP contribution is 2.21. The lowest BCUT2D eigenvalue weighted by Crippen LogP contribution is -2.28. The molecule has 1 amide bonds. The molecule has 3 rings (SSSR count). The maximum absolute atomic E-state index is 12.7. The van der Waals surface area contributed by atoms with Crippen LogP contribution < -0.4 is 10.9 Å². The number of carbonyl (C=O) groups is 1. The van der Waals surface area contributed by atoms with Gasteiger partial charge in [0.1, 0.15) is 11.3 Å². The molecule has 5 nitrogen and oxygen atoms in total. The number of amides is 1. The fraction of sp³-hybridized carbons (Fsp3) is 0.211. The quantitative estimate of drug-likeness (QED) is 0.803. The minimum Gasteiger partial charge on any atom is -0.319 e. The van der Waals surface area contributed by atoms with E-state index in [1.165, 1.54) is 4.40 Å². The number of aromatic nitrogens is 2. The smallest absolute Gasteiger partial charge is 0.281 e. The van der Waals surface area contributed by atoms with E-state index in [2.05, 4.69) is 10.3 Å². The zero-order valence-corrected chi connectivity index (χ0v) is 13.7. The summed E-state index contributed by atoms with van der Waals surface area (Å²) in [5.74, 6) is -0.497. The summed E-state index contributed by atoms with van der Waals surface area (Å²) in [5, 5.41) is 2.79. The number of hydrogen-bond donors (Lipinski definition) is 1. The summed E-state index contributed by atoms with van der Waals surface area (Å²) >= 11 is 0. The van der Waals surface area contributed by atoms with Gasteiger partial charge < -0.3 is 5.32 Å². The van der Waals surface area contributed by atoms with E-state index in [9.17, 15) is 9.59 Å². The molecule has 5 heteroatoms. The molecule has 1 unspecified atom stereocenters. The molecular weight excluding hydrogens is 302 g/mol. The van der Waals surface area contributed by atoms with Crippen molar-refractivity contribution in [3.8, 4) is 0 Å². The molecule has 0 spiro atoms. The van der Waals surface area contributed by atoms with Crippen LogP contribution in [0.2, 0.25) is 0 Å². The minimum absolute atomic E-state index is 0.193. The van der Waals surface area contributed by atoms with Crippen LogP contribution in [0.4, 0.5) is 5.69 Å². The fourth-order valence-electron chi connectivity index (χ4n) is 2.81. The maximum Gasteiger partial charge on any atom is 0.281 e. The van der Waals surface area contributed by atoms with Crippen molar-refractivity contribution >= 4 is 17.2 Å². The number of nitrogens with zero attached hydrogens (tertiary/aromatic N) is 2. The van der Waals surface area contributed by atoms with Crippen LogP contribution in [-0.2, 0) is 4.79 Å². The molecule has 2 heterocycles. The van der Waals surface area contributed by atoms with Crippen LogP contribution >= 0.6 is 0 Å². The van der Waals surface area contributed by atoms with Crippen molar-refractivity contribution < 1.29 is 4.79 Å². The molecule has 0 aliphatic heterocycles. The van der Waals surface area contributed by atoms with Crippen molar-refractivity contribution in [2.24, 2.45) is 0 Å². The summed E-state index contributed by atoms with van der Waals surface area (Å²) in [4.78, 5) is 29.7. The molecule has 2 aromatic heterocycles. The zero-order chi connectivity index (χ0) is 17.1. The third kappa shape index (κ3) is 2.93. The highest BCUT2D eigenvalue weighted by molar-refractivity contribution is 5.96. The van der Waals surface area contributed by atoms with Crippen LogP contribution in [-0.4, -0.2) is 15.3 Å². The summed E-state index contributed by atoms with van der Waals surface area (Å²) in [6.45, 7) is 3.68. The number of hydrogen-bond acceptors (Lipinski definition) is 3. The maximum atomic E-state index is 12.7. The van der Waals surface area contributed by atoms with Crippen molar-refractivity contribution in [2.45, 2.75) is 26.2 Å². The van der Waals surface area contributed by atoms with Gasteiger partial charge in [0.05, 0.1) is 11.6 Å². The predicted octanol–water partition coefficient (Wildman–Crippen LogP) is 3.14. The number of rotatable bonds is 4. The van der Waals surface area contributed by atoms with Gasteiger partial charge in [0.15, 0.2) is 0 Å². The van der Waals surface area contributed by atoms with Crippen molar-refractivity contribution in [1.82, 2.24) is 9.38 Å². The normalized spacial score (nSPS) is 12.1. The van der Waals surface area contributed by atoms with Crippen molar-refractivity contribution in [1.29, 1.82) is 0 Å². The first-order valence-electron chi connectivity index (χ1n) is 7.95. The molecule has 1 N–H and O–H groups in total. The third-order valence-electron chi connectivity index (χ3n) is 4.09. The van der Waals surface area contributed by atoms with Gasteiger partial charge in [-0.25, -0.2) is 4.98 Å². The Hall–Kier alpha value is -2.95. The molecule has 0 saturated heterocycles. The lowest BCUT2D eigenvalue weighted by molar-refractivity contribution is -0.117. The van der Waals surface area contributed by atoms with E-state index in [4.69, 9.17) is 0 Å². The zero-order valence-electron chi connectivity index (χ0n) is 13.7. The van der Waals surface area contributed by atoms with E-state index in [0.717, 1.165) is 5.56 Å². The van der Waals surface area contributed by atoms with Crippen molar-refractivity contribution in [3.63, 3.8) is 0 Å². The number of anilines is 1. The van der Waals surface area contributed by atoms with Crippen LogP contribution in [0, 0.1) is 6.92 Å². The lowest BCUT2D eigenvalue weighted by Gasteiger charge is -2.16. The van der Waals surface area contributed by atoms with Crippen molar-refractivity contribution in [3.05, 3.63) is 76.3 Å². The number of nitrogens with one attached hydrogen (secondary N) is 1. The van der Waals surface area contributed by atoms with Gasteiger partial charge in [-0.2, -0.15) is 0 Å². The Labute approximate surface area is 140 Å². The van der Waals surface area contributed by atoms with E-state index >= 15 is 0 Å². The second kappa shape index (κ2) is 6.66. The van der Waals surface area contributed by atoms with Crippen LogP contribution in [0.5, 0.6) is 0 Å². The highest BCUT2D eigenvalue weighted by atomic mass is 16.2. The Kier molecular flexibility index (Phi) is 4.42. The van der Waals surface area contributed by atoms with E-state index in [1.54, 1.807) is 25.3 Å². The van der Waals surface area contributed by atoms with Crippen LogP contribution in [0.15, 0.2) is 59.5 Å². The summed E-state index contributed by atoms with van der Waals surface area (Å²) in [7, 11) is 0. The number of carbonyl (C=O) groups excluding carboxylic acids is 1. The minimum atomic E-state index is -0.304. The Morgan fingerprint density at radius 1 is 1.17 bits per heavy atom. The third-order valence-corrected chi connectivity index (χ3v) is 4.09. The SMILES string of the molecule is CCC(C(=O)Nc1c(C)nc2ccccn2c1=O)c1ccccc1. The molecule has 0 aliphatic rings. The van der Waals surface area contributed by atoms with E-state index < -0.39 is 0 Å². The van der Waals surface area contributed by atoms with E-state index in [-0.39, 0.29) is 23.1 Å². The molecule has 1 atom stereocenters. The molecule has 0 bridgehead atoms. The van der Waals surface area contributed by atoms with Crippen molar-refractivity contribution in [2.75, 3.05) is 5.32 Å². The average Bonchev–Trinajstić information content (AvgIpc) is 2.60. The van der Waals surface area contributed by atoms with Gasteiger partial charge >= 0.3 is 0 Å². The van der Waals surface area contributed by atoms with Gasteiger partial charge in [0, 0.05) is 6.20 Å². The molecule has 1 aromatic carbocycles. The molecule has 0 aliphatic carbocycles. The summed E-state index contributed by atoms with van der Waals surface area (Å²) in [6.07, 6.45) is 2.30. The number of aryl methyl sites for hydroxylation is 1. The molecule has 0 fully saturated rings. The molecule has 0 radical (unpaired) electrons. The molecular formula is C19H19N3O2. The van der Waals surface area contributed by atoms with E-state index in [1.807, 2.05) is 43.3 Å². The predicted molar refractivity (Wildman–Crippen MR) is 94.3 cm³/mol. The Balaban J connectivity index is 1.97. The molecule has 0 saturated carbocycles. The Bertz CT molecular complexity index is 932. The Morgan fingerprint density at radius 3 is 2.58 bits per heavy atom. The van der Waals surface area contributed by atoms with Gasteiger partial charge in [-0.05, 0) is 31.0 Å². The monoisotopic (exact) mass is 321 g/mol. The van der Waals surface area contributed by atoms with Gasteiger partial charge in [0.2, 0.25) is 5.91 Å². The van der Waals surface area contributed by atoms with Crippen LogP contribution in [0.25, 0.3) is 5.65 Å². The summed E-state index contributed by atoms with van der Waals surface area (Å²) in [6, 6.07) is 14.9. The molecule has 3 aromatic rings. The number of fused-ring (bicyclic) bond motifs is 1. The average molecular weight is 321 g/mol. The van der Waals surface area contributed by atoms with Gasteiger partial charge in [0.25, 0.3) is 5.56 Å². The summed E-state index contributed by atoms with van der Waals surface area (Å²) < 4.78 is 1.44. The second-order valence-electron chi connectivity index (χ2n) is 5.67. The van der Waals surface area contributed by atoms with Gasteiger partial charge in [-0.1, -0.05) is 43.3 Å². The van der Waals surface area contributed by atoms with Gasteiger partial charge in [-0.3, -0.25) is 14.0 Å². The Morgan fingerprint density at radius 2 is 1.88 bits per heavy atom. The van der Waals surface area contributed by atoms with Gasteiger partial charge in [-0.15, -0.1) is 0 Å².